The molecular weight excluding hydrogens is 336 g/mol. The minimum absolute atomic E-state index is 0.247. The molecule has 0 aliphatic rings. The van der Waals surface area contributed by atoms with E-state index in [0.717, 1.165) is 16.9 Å². The lowest BCUT2D eigenvalue weighted by atomic mass is 10.2. The first-order chi connectivity index (χ1) is 11.0. The molecule has 0 radical (unpaired) electrons. The summed E-state index contributed by atoms with van der Waals surface area (Å²) >= 11 is 7.31. The normalized spacial score (nSPS) is 10.3. The number of hydrogen-bond donors (Lipinski definition) is 2. The van der Waals surface area contributed by atoms with E-state index in [4.69, 9.17) is 16.3 Å². The van der Waals surface area contributed by atoms with Gasteiger partial charge < -0.3 is 4.74 Å². The van der Waals surface area contributed by atoms with Crippen molar-refractivity contribution in [1.29, 1.82) is 0 Å². The molecule has 1 heterocycles. The fourth-order valence-corrected chi connectivity index (χ4v) is 3.26. The number of nitrogens with one attached hydrogen (secondary N) is 2. The molecule has 0 fully saturated rings. The molecule has 0 atom stereocenters. The number of halogens is 1. The van der Waals surface area contributed by atoms with Gasteiger partial charge >= 0.3 is 0 Å². The van der Waals surface area contributed by atoms with E-state index in [9.17, 15) is 9.59 Å². The molecule has 2 N–H and O–H groups in total. The number of hydrogen-bond acceptors (Lipinski definition) is 4. The number of methoxy groups -OCH3 is 1. The van der Waals surface area contributed by atoms with Crippen LogP contribution in [0.25, 0.3) is 0 Å². The van der Waals surface area contributed by atoms with Crippen LogP contribution in [0.5, 0.6) is 5.75 Å². The van der Waals surface area contributed by atoms with Gasteiger partial charge in [-0.3, -0.25) is 20.4 Å². The van der Waals surface area contributed by atoms with Crippen molar-refractivity contribution in [2.24, 2.45) is 0 Å². The molecule has 0 bridgehead atoms. The summed E-state index contributed by atoms with van der Waals surface area (Å²) in [4.78, 5) is 26.0. The van der Waals surface area contributed by atoms with Crippen molar-refractivity contribution in [3.8, 4) is 5.75 Å². The standard InChI is InChI=1S/C16H17ClN2O3S/c1-4-13-9(2)7-14(23-13)16(21)19-18-15(20)11-8-10(17)5-6-12(11)22-3/h5-8H,4H2,1-3H3,(H,18,20)(H,19,21). The topological polar surface area (TPSA) is 67.4 Å². The maximum absolute atomic E-state index is 12.2. The number of carbonyl (C=O) groups excluding carboxylic acids is 2. The van der Waals surface area contributed by atoms with Gasteiger partial charge in [0.25, 0.3) is 11.8 Å². The van der Waals surface area contributed by atoms with E-state index >= 15 is 0 Å². The van der Waals surface area contributed by atoms with Crippen molar-refractivity contribution in [1.82, 2.24) is 10.9 Å². The lowest BCUT2D eigenvalue weighted by molar-refractivity contribution is 0.0847. The number of rotatable bonds is 4. The first kappa shape index (κ1) is 17.3. The molecule has 7 heteroatoms. The summed E-state index contributed by atoms with van der Waals surface area (Å²) in [6.07, 6.45) is 0.871. The summed E-state index contributed by atoms with van der Waals surface area (Å²) in [6, 6.07) is 6.50. The molecule has 2 amide bonds. The number of carbonyl (C=O) groups is 2. The highest BCUT2D eigenvalue weighted by molar-refractivity contribution is 7.14. The Morgan fingerprint density at radius 3 is 2.52 bits per heavy atom. The monoisotopic (exact) mass is 352 g/mol. The Labute approximate surface area is 143 Å². The fourth-order valence-electron chi connectivity index (χ4n) is 2.08. The van der Waals surface area contributed by atoms with Crippen molar-refractivity contribution >= 4 is 34.8 Å². The van der Waals surface area contributed by atoms with Crippen LogP contribution in [0.4, 0.5) is 0 Å². The first-order valence-electron chi connectivity index (χ1n) is 6.99. The Balaban J connectivity index is 2.06. The van der Waals surface area contributed by atoms with Crippen LogP contribution in [0.2, 0.25) is 5.02 Å². The lowest BCUT2D eigenvalue weighted by Crippen LogP contribution is -2.41. The van der Waals surface area contributed by atoms with Crippen LogP contribution in [-0.4, -0.2) is 18.9 Å². The molecule has 0 spiro atoms. The van der Waals surface area contributed by atoms with E-state index < -0.39 is 5.91 Å². The second-order valence-electron chi connectivity index (χ2n) is 4.82. The summed E-state index contributed by atoms with van der Waals surface area (Å²) in [5.41, 5.74) is 6.10. The first-order valence-corrected chi connectivity index (χ1v) is 8.19. The third-order valence-corrected chi connectivity index (χ3v) is 4.88. The quantitative estimate of drug-likeness (QED) is 0.829. The average molecular weight is 353 g/mol. The minimum atomic E-state index is -0.498. The van der Waals surface area contributed by atoms with Crippen molar-refractivity contribution in [3.05, 3.63) is 50.2 Å². The highest BCUT2D eigenvalue weighted by Gasteiger charge is 2.16. The van der Waals surface area contributed by atoms with Crippen LogP contribution < -0.4 is 15.6 Å². The molecular formula is C16H17ClN2O3S. The van der Waals surface area contributed by atoms with Gasteiger partial charge in [-0.05, 0) is 43.2 Å². The van der Waals surface area contributed by atoms with Gasteiger partial charge in [-0.25, -0.2) is 0 Å². The number of hydrazine groups is 1. The Kier molecular flexibility index (Phi) is 5.63. The maximum atomic E-state index is 12.2. The molecule has 0 saturated carbocycles. The van der Waals surface area contributed by atoms with E-state index in [1.807, 2.05) is 19.9 Å². The van der Waals surface area contributed by atoms with Crippen molar-refractivity contribution in [3.63, 3.8) is 0 Å². The molecule has 23 heavy (non-hydrogen) atoms. The predicted molar refractivity (Wildman–Crippen MR) is 91.4 cm³/mol. The Hall–Kier alpha value is -2.05. The van der Waals surface area contributed by atoms with Crippen LogP contribution in [0.1, 0.15) is 37.4 Å². The number of aryl methyl sites for hydroxylation is 2. The number of ether oxygens (including phenoxy) is 1. The Morgan fingerprint density at radius 1 is 1.22 bits per heavy atom. The van der Waals surface area contributed by atoms with Crippen LogP contribution in [0, 0.1) is 6.92 Å². The SMILES string of the molecule is CCc1sc(C(=O)NNC(=O)c2cc(Cl)ccc2OC)cc1C. The van der Waals surface area contributed by atoms with E-state index in [1.54, 1.807) is 12.1 Å². The zero-order valence-corrected chi connectivity index (χ0v) is 14.6. The van der Waals surface area contributed by atoms with Gasteiger partial charge in [-0.2, -0.15) is 0 Å². The van der Waals surface area contributed by atoms with E-state index in [1.165, 1.54) is 24.5 Å². The minimum Gasteiger partial charge on any atom is -0.496 e. The van der Waals surface area contributed by atoms with E-state index in [2.05, 4.69) is 10.9 Å². The molecule has 2 rings (SSSR count). The van der Waals surface area contributed by atoms with Crippen molar-refractivity contribution in [2.45, 2.75) is 20.3 Å². The maximum Gasteiger partial charge on any atom is 0.279 e. The number of benzene rings is 1. The smallest absolute Gasteiger partial charge is 0.279 e. The summed E-state index contributed by atoms with van der Waals surface area (Å²) in [5.74, 6) is -0.477. The number of thiophene rings is 1. The molecule has 0 saturated heterocycles. The van der Waals surface area contributed by atoms with Gasteiger partial charge in [0.05, 0.1) is 17.6 Å². The average Bonchev–Trinajstić information content (AvgIpc) is 2.93. The van der Waals surface area contributed by atoms with E-state index in [0.29, 0.717) is 15.6 Å². The van der Waals surface area contributed by atoms with Gasteiger partial charge in [-0.15, -0.1) is 11.3 Å². The highest BCUT2D eigenvalue weighted by atomic mass is 35.5. The predicted octanol–water partition coefficient (Wildman–Crippen LogP) is 3.36. The molecule has 0 aliphatic heterocycles. The van der Waals surface area contributed by atoms with Gasteiger partial charge in [-0.1, -0.05) is 18.5 Å². The van der Waals surface area contributed by atoms with Gasteiger partial charge in [0.1, 0.15) is 5.75 Å². The molecule has 1 aromatic heterocycles. The second kappa shape index (κ2) is 7.48. The molecule has 122 valence electrons. The summed E-state index contributed by atoms with van der Waals surface area (Å²) in [7, 11) is 1.46. The number of amides is 2. The van der Waals surface area contributed by atoms with Crippen molar-refractivity contribution < 1.29 is 14.3 Å². The highest BCUT2D eigenvalue weighted by Crippen LogP contribution is 2.23. The van der Waals surface area contributed by atoms with Gasteiger partial charge in [0.15, 0.2) is 0 Å². The second-order valence-corrected chi connectivity index (χ2v) is 6.40. The van der Waals surface area contributed by atoms with Crippen LogP contribution >= 0.6 is 22.9 Å². The van der Waals surface area contributed by atoms with Gasteiger partial charge in [0.2, 0.25) is 0 Å². The molecule has 1 aromatic carbocycles. The molecule has 5 nitrogen and oxygen atoms in total. The zero-order chi connectivity index (χ0) is 17.0. The summed E-state index contributed by atoms with van der Waals surface area (Å²) in [5, 5.41) is 0.406. The van der Waals surface area contributed by atoms with Crippen molar-refractivity contribution in [2.75, 3.05) is 7.11 Å². The largest absolute Gasteiger partial charge is 0.496 e. The third-order valence-electron chi connectivity index (χ3n) is 3.26. The lowest BCUT2D eigenvalue weighted by Gasteiger charge is -2.10. The molecule has 0 aliphatic carbocycles. The Bertz CT molecular complexity index is 743. The van der Waals surface area contributed by atoms with Crippen LogP contribution in [-0.2, 0) is 6.42 Å². The summed E-state index contributed by atoms with van der Waals surface area (Å²) < 4.78 is 5.12. The van der Waals surface area contributed by atoms with E-state index in [-0.39, 0.29) is 11.5 Å². The molecule has 2 aromatic rings. The van der Waals surface area contributed by atoms with Crippen LogP contribution in [0.15, 0.2) is 24.3 Å². The van der Waals surface area contributed by atoms with Crippen LogP contribution in [0.3, 0.4) is 0 Å². The summed E-state index contributed by atoms with van der Waals surface area (Å²) in [6.45, 7) is 4.00. The van der Waals surface area contributed by atoms with Gasteiger partial charge in [0, 0.05) is 9.90 Å². The zero-order valence-electron chi connectivity index (χ0n) is 13.0. The molecule has 0 unspecified atom stereocenters. The fraction of sp³-hybridized carbons (Fsp3) is 0.250. The third kappa shape index (κ3) is 4.03. The Morgan fingerprint density at radius 2 is 1.91 bits per heavy atom.